The van der Waals surface area contributed by atoms with E-state index in [9.17, 15) is 5.11 Å². The molecule has 2 rings (SSSR count). The maximum Gasteiger partial charge on any atom is 0.168 e. The summed E-state index contributed by atoms with van der Waals surface area (Å²) in [5.41, 5.74) is 1.99. The number of aryl methyl sites for hydroxylation is 1. The number of thioether (sulfide) groups is 1. The van der Waals surface area contributed by atoms with Crippen molar-refractivity contribution in [3.05, 3.63) is 18.2 Å². The zero-order valence-corrected chi connectivity index (χ0v) is 11.0. The number of aliphatic hydroxyl groups is 1. The molecule has 0 aliphatic heterocycles. The first-order valence-electron chi connectivity index (χ1n) is 5.43. The van der Waals surface area contributed by atoms with Crippen molar-refractivity contribution >= 4 is 22.8 Å². The van der Waals surface area contributed by atoms with Crippen LogP contribution in [-0.4, -0.2) is 33.6 Å². The van der Waals surface area contributed by atoms with Gasteiger partial charge in [-0.05, 0) is 19.1 Å². The van der Waals surface area contributed by atoms with Gasteiger partial charge in [0.25, 0.3) is 0 Å². The number of imidazole rings is 1. The molecule has 0 fully saturated rings. The summed E-state index contributed by atoms with van der Waals surface area (Å²) in [6.45, 7) is 1.78. The number of methoxy groups -OCH3 is 1. The van der Waals surface area contributed by atoms with Gasteiger partial charge in [-0.1, -0.05) is 11.8 Å². The third kappa shape index (κ3) is 2.56. The van der Waals surface area contributed by atoms with Crippen LogP contribution in [0.1, 0.15) is 6.92 Å². The Hall–Kier alpha value is -1.20. The minimum absolute atomic E-state index is 0.325. The molecule has 4 nitrogen and oxygen atoms in total. The van der Waals surface area contributed by atoms with Crippen LogP contribution in [0.5, 0.6) is 5.75 Å². The maximum absolute atomic E-state index is 9.28. The van der Waals surface area contributed by atoms with Crippen LogP contribution < -0.4 is 4.74 Å². The van der Waals surface area contributed by atoms with Gasteiger partial charge in [-0.2, -0.15) is 0 Å². The molecule has 17 heavy (non-hydrogen) atoms. The van der Waals surface area contributed by atoms with Crippen molar-refractivity contribution in [3.8, 4) is 5.75 Å². The average molecular weight is 252 g/mol. The van der Waals surface area contributed by atoms with E-state index in [0.717, 1.165) is 21.9 Å². The van der Waals surface area contributed by atoms with Crippen molar-refractivity contribution in [1.82, 2.24) is 9.55 Å². The summed E-state index contributed by atoms with van der Waals surface area (Å²) in [6, 6.07) is 5.84. The third-order valence-corrected chi connectivity index (χ3v) is 3.77. The highest BCUT2D eigenvalue weighted by atomic mass is 32.2. The van der Waals surface area contributed by atoms with Gasteiger partial charge >= 0.3 is 0 Å². The predicted molar refractivity (Wildman–Crippen MR) is 69.7 cm³/mol. The molecule has 2 aromatic rings. The van der Waals surface area contributed by atoms with E-state index in [4.69, 9.17) is 4.74 Å². The molecule has 5 heteroatoms. The maximum atomic E-state index is 9.28. The smallest absolute Gasteiger partial charge is 0.168 e. The number of ether oxygens (including phenoxy) is 1. The molecule has 0 radical (unpaired) electrons. The van der Waals surface area contributed by atoms with Crippen molar-refractivity contribution in [1.29, 1.82) is 0 Å². The van der Waals surface area contributed by atoms with Crippen LogP contribution in [0.2, 0.25) is 0 Å². The van der Waals surface area contributed by atoms with E-state index in [-0.39, 0.29) is 6.10 Å². The standard InChI is InChI=1S/C12H16N2O2S/c1-8(15)7-17-12-13-10-6-9(16-3)4-5-11(10)14(12)2/h4-6,8,15H,7H2,1-3H3/t8-/m1/s1. The molecule has 0 spiro atoms. The molecule has 1 aromatic heterocycles. The molecule has 0 bridgehead atoms. The minimum atomic E-state index is -0.325. The molecular formula is C12H16N2O2S. The highest BCUT2D eigenvalue weighted by Crippen LogP contribution is 2.26. The fourth-order valence-electron chi connectivity index (χ4n) is 1.61. The van der Waals surface area contributed by atoms with Crippen LogP contribution in [0, 0.1) is 0 Å². The van der Waals surface area contributed by atoms with E-state index >= 15 is 0 Å². The quantitative estimate of drug-likeness (QED) is 0.846. The Morgan fingerprint density at radius 2 is 2.29 bits per heavy atom. The first-order valence-corrected chi connectivity index (χ1v) is 6.41. The molecule has 0 aliphatic carbocycles. The molecular weight excluding hydrogens is 236 g/mol. The van der Waals surface area contributed by atoms with Crippen LogP contribution >= 0.6 is 11.8 Å². The number of hydrogen-bond donors (Lipinski definition) is 1. The fraction of sp³-hybridized carbons (Fsp3) is 0.417. The summed E-state index contributed by atoms with van der Waals surface area (Å²) < 4.78 is 7.20. The van der Waals surface area contributed by atoms with E-state index in [0.29, 0.717) is 5.75 Å². The monoisotopic (exact) mass is 252 g/mol. The Morgan fingerprint density at radius 1 is 1.53 bits per heavy atom. The zero-order chi connectivity index (χ0) is 12.4. The highest BCUT2D eigenvalue weighted by Gasteiger charge is 2.09. The number of fused-ring (bicyclic) bond motifs is 1. The SMILES string of the molecule is COc1ccc2c(c1)nc(SC[C@@H](C)O)n2C. The van der Waals surface area contributed by atoms with Crippen molar-refractivity contribution < 1.29 is 9.84 Å². The number of benzene rings is 1. The van der Waals surface area contributed by atoms with Gasteiger partial charge < -0.3 is 14.4 Å². The first kappa shape index (κ1) is 12.3. The topological polar surface area (TPSA) is 47.3 Å². The molecule has 0 unspecified atom stereocenters. The summed E-state index contributed by atoms with van der Waals surface area (Å²) in [6.07, 6.45) is -0.325. The molecule has 0 amide bonds. The summed E-state index contributed by atoms with van der Waals surface area (Å²) in [7, 11) is 3.62. The normalized spacial score (nSPS) is 12.9. The second-order valence-corrected chi connectivity index (χ2v) is 4.96. The lowest BCUT2D eigenvalue weighted by Crippen LogP contribution is -2.03. The molecule has 1 aromatic carbocycles. The number of hydrogen-bond acceptors (Lipinski definition) is 4. The lowest BCUT2D eigenvalue weighted by Gasteiger charge is -2.03. The second kappa shape index (κ2) is 4.98. The van der Waals surface area contributed by atoms with E-state index in [1.54, 1.807) is 25.8 Å². The lowest BCUT2D eigenvalue weighted by molar-refractivity contribution is 0.220. The predicted octanol–water partition coefficient (Wildman–Crippen LogP) is 2.05. The lowest BCUT2D eigenvalue weighted by atomic mass is 10.3. The number of nitrogens with zero attached hydrogens (tertiary/aromatic N) is 2. The summed E-state index contributed by atoms with van der Waals surface area (Å²) >= 11 is 1.56. The Kier molecular flexibility index (Phi) is 3.59. The van der Waals surface area contributed by atoms with Gasteiger partial charge in [0.15, 0.2) is 5.16 Å². The molecule has 0 saturated carbocycles. The van der Waals surface area contributed by atoms with Crippen molar-refractivity contribution in [2.24, 2.45) is 7.05 Å². The van der Waals surface area contributed by atoms with Gasteiger partial charge in [0.05, 0.1) is 24.2 Å². The summed E-state index contributed by atoms with van der Waals surface area (Å²) in [4.78, 5) is 4.53. The number of rotatable bonds is 4. The number of aromatic nitrogens is 2. The van der Waals surface area contributed by atoms with Crippen molar-refractivity contribution in [3.63, 3.8) is 0 Å². The van der Waals surface area contributed by atoms with Gasteiger partial charge in [0, 0.05) is 18.9 Å². The van der Waals surface area contributed by atoms with Crippen LogP contribution in [0.15, 0.2) is 23.4 Å². The Bertz CT molecular complexity index is 522. The first-order chi connectivity index (χ1) is 8.11. The van der Waals surface area contributed by atoms with Gasteiger partial charge in [-0.15, -0.1) is 0 Å². The molecule has 1 heterocycles. The van der Waals surface area contributed by atoms with Crippen molar-refractivity contribution in [2.45, 2.75) is 18.2 Å². The van der Waals surface area contributed by atoms with E-state index < -0.39 is 0 Å². The third-order valence-electron chi connectivity index (χ3n) is 2.50. The van der Waals surface area contributed by atoms with E-state index in [1.807, 2.05) is 29.8 Å². The van der Waals surface area contributed by atoms with Crippen LogP contribution in [-0.2, 0) is 7.05 Å². The summed E-state index contributed by atoms with van der Waals surface area (Å²) in [5.74, 6) is 1.46. The fourth-order valence-corrected chi connectivity index (χ4v) is 2.45. The van der Waals surface area contributed by atoms with Crippen molar-refractivity contribution in [2.75, 3.05) is 12.9 Å². The van der Waals surface area contributed by atoms with Gasteiger partial charge in [0.1, 0.15) is 5.75 Å². The largest absolute Gasteiger partial charge is 0.497 e. The van der Waals surface area contributed by atoms with E-state index in [2.05, 4.69) is 4.98 Å². The summed E-state index contributed by atoms with van der Waals surface area (Å²) in [5, 5.41) is 10.2. The average Bonchev–Trinajstić information content (AvgIpc) is 2.63. The van der Waals surface area contributed by atoms with Crippen LogP contribution in [0.25, 0.3) is 11.0 Å². The Morgan fingerprint density at radius 3 is 2.94 bits per heavy atom. The van der Waals surface area contributed by atoms with Gasteiger partial charge in [-0.3, -0.25) is 0 Å². The van der Waals surface area contributed by atoms with Gasteiger partial charge in [-0.25, -0.2) is 4.98 Å². The molecule has 1 N–H and O–H groups in total. The molecule has 0 aliphatic rings. The zero-order valence-electron chi connectivity index (χ0n) is 10.2. The Balaban J connectivity index is 2.34. The second-order valence-electron chi connectivity index (χ2n) is 3.97. The van der Waals surface area contributed by atoms with Crippen LogP contribution in [0.3, 0.4) is 0 Å². The van der Waals surface area contributed by atoms with Crippen LogP contribution in [0.4, 0.5) is 0 Å². The molecule has 1 atom stereocenters. The minimum Gasteiger partial charge on any atom is -0.497 e. The molecule has 92 valence electrons. The Labute approximate surface area is 105 Å². The molecule has 0 saturated heterocycles. The van der Waals surface area contributed by atoms with E-state index in [1.165, 1.54) is 0 Å². The number of aliphatic hydroxyl groups excluding tert-OH is 1. The highest BCUT2D eigenvalue weighted by molar-refractivity contribution is 7.99. The van der Waals surface area contributed by atoms with Gasteiger partial charge in [0.2, 0.25) is 0 Å².